The van der Waals surface area contributed by atoms with Crippen LogP contribution >= 0.6 is 27.5 Å². The van der Waals surface area contributed by atoms with Gasteiger partial charge in [-0.2, -0.15) is 0 Å². The van der Waals surface area contributed by atoms with Crippen molar-refractivity contribution in [2.75, 3.05) is 0 Å². The van der Waals surface area contributed by atoms with Gasteiger partial charge >= 0.3 is 5.82 Å². The molecule has 0 saturated carbocycles. The van der Waals surface area contributed by atoms with E-state index < -0.39 is 4.92 Å². The second-order valence-electron chi connectivity index (χ2n) is 1.99. The van der Waals surface area contributed by atoms with E-state index >= 15 is 0 Å². The molecule has 0 N–H and O–H groups in total. The van der Waals surface area contributed by atoms with Gasteiger partial charge in [0.25, 0.3) is 0 Å². The Morgan fingerprint density at radius 2 is 2.42 bits per heavy atom. The van der Waals surface area contributed by atoms with Gasteiger partial charge in [0, 0.05) is 4.47 Å². The van der Waals surface area contributed by atoms with Gasteiger partial charge in [0.2, 0.25) is 0 Å². The number of pyridine rings is 1. The lowest BCUT2D eigenvalue weighted by molar-refractivity contribution is -0.390. The van der Waals surface area contributed by atoms with Crippen LogP contribution in [0.1, 0.15) is 5.56 Å². The number of nitro groups is 1. The largest absolute Gasteiger partial charge is 0.368 e. The third-order valence-corrected chi connectivity index (χ3v) is 2.29. The molecule has 0 amide bonds. The summed E-state index contributed by atoms with van der Waals surface area (Å²) in [7, 11) is 0. The van der Waals surface area contributed by atoms with Crippen molar-refractivity contribution in [2.45, 2.75) is 5.88 Å². The summed E-state index contributed by atoms with van der Waals surface area (Å²) in [6.45, 7) is 0. The second kappa shape index (κ2) is 3.82. The third-order valence-electron chi connectivity index (χ3n) is 1.28. The summed E-state index contributed by atoms with van der Waals surface area (Å²) in [6, 6.07) is 1.62. The van der Waals surface area contributed by atoms with E-state index in [0.717, 1.165) is 0 Å². The number of nitrogens with zero attached hydrogens (tertiary/aromatic N) is 2. The predicted octanol–water partition coefficient (Wildman–Crippen LogP) is 2.49. The predicted molar refractivity (Wildman–Crippen MR) is 48.1 cm³/mol. The van der Waals surface area contributed by atoms with E-state index in [9.17, 15) is 10.1 Å². The Morgan fingerprint density at radius 1 is 1.75 bits per heavy atom. The van der Waals surface area contributed by atoms with Gasteiger partial charge in [-0.3, -0.25) is 0 Å². The minimum absolute atomic E-state index is 0.0741. The third kappa shape index (κ3) is 1.73. The summed E-state index contributed by atoms with van der Waals surface area (Å²) in [4.78, 5) is 13.4. The van der Waals surface area contributed by atoms with Crippen molar-refractivity contribution in [3.8, 4) is 0 Å². The molecule has 0 saturated heterocycles. The Bertz CT molecular complexity index is 318. The monoisotopic (exact) mass is 250 g/mol. The molecule has 0 spiro atoms. The molecule has 0 radical (unpaired) electrons. The van der Waals surface area contributed by atoms with Crippen LogP contribution in [-0.2, 0) is 5.88 Å². The van der Waals surface area contributed by atoms with Crippen molar-refractivity contribution in [3.63, 3.8) is 0 Å². The molecule has 0 aliphatic heterocycles. The van der Waals surface area contributed by atoms with E-state index in [4.69, 9.17) is 11.6 Å². The Labute approximate surface area is 81.8 Å². The van der Waals surface area contributed by atoms with Crippen LogP contribution in [0.15, 0.2) is 16.7 Å². The molecule has 1 aromatic rings. The SMILES string of the molecule is O=[N+]([O-])c1nccc(Br)c1CCl. The summed E-state index contributed by atoms with van der Waals surface area (Å²) in [5, 5.41) is 10.4. The molecule has 64 valence electrons. The quantitative estimate of drug-likeness (QED) is 0.461. The highest BCUT2D eigenvalue weighted by molar-refractivity contribution is 9.10. The van der Waals surface area contributed by atoms with Crippen molar-refractivity contribution in [1.29, 1.82) is 0 Å². The van der Waals surface area contributed by atoms with Crippen molar-refractivity contribution in [2.24, 2.45) is 0 Å². The fourth-order valence-electron chi connectivity index (χ4n) is 0.740. The molecule has 0 aromatic carbocycles. The average Bonchev–Trinajstić information content (AvgIpc) is 2.03. The Morgan fingerprint density at radius 3 is 2.83 bits per heavy atom. The number of alkyl halides is 1. The van der Waals surface area contributed by atoms with Crippen molar-refractivity contribution in [1.82, 2.24) is 4.98 Å². The summed E-state index contributed by atoms with van der Waals surface area (Å²) >= 11 is 8.65. The molecule has 1 rings (SSSR count). The first-order valence-corrected chi connectivity index (χ1v) is 4.33. The topological polar surface area (TPSA) is 56.0 Å². The number of rotatable bonds is 2. The summed E-state index contributed by atoms with van der Waals surface area (Å²) in [5.41, 5.74) is 0.407. The van der Waals surface area contributed by atoms with Crippen LogP contribution < -0.4 is 0 Å². The molecule has 0 atom stereocenters. The molecule has 0 fully saturated rings. The van der Waals surface area contributed by atoms with E-state index in [0.29, 0.717) is 10.0 Å². The van der Waals surface area contributed by atoms with Crippen LogP contribution in [0.25, 0.3) is 0 Å². The molecule has 1 aromatic heterocycles. The van der Waals surface area contributed by atoms with Crippen molar-refractivity contribution < 1.29 is 4.92 Å². The van der Waals surface area contributed by atoms with Gasteiger partial charge in [0.15, 0.2) is 0 Å². The van der Waals surface area contributed by atoms with Crippen LogP contribution in [0.3, 0.4) is 0 Å². The average molecular weight is 251 g/mol. The second-order valence-corrected chi connectivity index (χ2v) is 3.11. The molecule has 6 heteroatoms. The highest BCUT2D eigenvalue weighted by atomic mass is 79.9. The van der Waals surface area contributed by atoms with Gasteiger partial charge in [-0.25, -0.2) is 0 Å². The van der Waals surface area contributed by atoms with Crippen molar-refractivity contribution in [3.05, 3.63) is 32.4 Å². The molecule has 0 aliphatic carbocycles. The van der Waals surface area contributed by atoms with E-state index in [2.05, 4.69) is 20.9 Å². The maximum Gasteiger partial charge on any atom is 0.368 e. The lowest BCUT2D eigenvalue weighted by Gasteiger charge is -1.99. The first kappa shape index (κ1) is 9.41. The van der Waals surface area contributed by atoms with E-state index in [1.54, 1.807) is 6.07 Å². The number of hydrogen-bond acceptors (Lipinski definition) is 3. The molecule has 0 bridgehead atoms. The zero-order valence-electron chi connectivity index (χ0n) is 5.83. The fourth-order valence-corrected chi connectivity index (χ4v) is 1.60. The molecule has 4 nitrogen and oxygen atoms in total. The highest BCUT2D eigenvalue weighted by Crippen LogP contribution is 2.25. The normalized spacial score (nSPS) is 9.83. The molecular weight excluding hydrogens is 247 g/mol. The molecule has 12 heavy (non-hydrogen) atoms. The van der Waals surface area contributed by atoms with Gasteiger partial charge in [0.1, 0.15) is 6.20 Å². The molecular formula is C6H4BrClN2O2. The molecule has 0 aliphatic rings. The highest BCUT2D eigenvalue weighted by Gasteiger charge is 2.16. The lowest BCUT2D eigenvalue weighted by atomic mass is 10.3. The van der Waals surface area contributed by atoms with Gasteiger partial charge < -0.3 is 10.1 Å². The van der Waals surface area contributed by atoms with Gasteiger partial charge in [-0.1, -0.05) is 15.9 Å². The maximum absolute atomic E-state index is 10.4. The minimum Gasteiger partial charge on any atom is -0.358 e. The summed E-state index contributed by atoms with van der Waals surface area (Å²) in [6.07, 6.45) is 1.36. The van der Waals surface area contributed by atoms with Crippen molar-refractivity contribution >= 4 is 33.3 Å². The smallest absolute Gasteiger partial charge is 0.358 e. The Kier molecular flexibility index (Phi) is 2.99. The van der Waals surface area contributed by atoms with E-state index in [-0.39, 0.29) is 11.7 Å². The van der Waals surface area contributed by atoms with E-state index in [1.807, 2.05) is 0 Å². The zero-order valence-corrected chi connectivity index (χ0v) is 8.17. The fraction of sp³-hybridized carbons (Fsp3) is 0.167. The number of halogens is 2. The standard InChI is InChI=1S/C6H4BrClN2O2/c7-5-1-2-9-6(10(11)12)4(5)3-8/h1-2H,3H2. The minimum atomic E-state index is -0.553. The summed E-state index contributed by atoms with van der Waals surface area (Å²) in [5.74, 6) is -0.121. The lowest BCUT2D eigenvalue weighted by Crippen LogP contribution is -1.97. The van der Waals surface area contributed by atoms with Gasteiger partial charge in [-0.15, -0.1) is 11.6 Å². The van der Waals surface area contributed by atoms with Gasteiger partial charge in [0.05, 0.1) is 11.4 Å². The number of hydrogen-bond donors (Lipinski definition) is 0. The molecule has 1 heterocycles. The van der Waals surface area contributed by atoms with Crippen LogP contribution in [0.5, 0.6) is 0 Å². The Balaban J connectivity index is 3.27. The zero-order chi connectivity index (χ0) is 9.14. The van der Waals surface area contributed by atoms with Crippen LogP contribution in [0.2, 0.25) is 0 Å². The van der Waals surface area contributed by atoms with Crippen LogP contribution in [0.4, 0.5) is 5.82 Å². The van der Waals surface area contributed by atoms with Crippen LogP contribution in [-0.4, -0.2) is 9.91 Å². The van der Waals surface area contributed by atoms with E-state index in [1.165, 1.54) is 6.20 Å². The first-order chi connectivity index (χ1) is 5.66. The van der Waals surface area contributed by atoms with Crippen LogP contribution in [0, 0.1) is 10.1 Å². The Hall–Kier alpha value is -0.680. The summed E-state index contributed by atoms with van der Waals surface area (Å²) < 4.78 is 0.610. The number of aromatic nitrogens is 1. The molecule has 0 unspecified atom stereocenters. The van der Waals surface area contributed by atoms with Gasteiger partial charge in [-0.05, 0) is 16.0 Å². The maximum atomic E-state index is 10.4. The first-order valence-electron chi connectivity index (χ1n) is 3.00.